The average Bonchev–Trinajstić information content (AvgIpc) is 2.56. The summed E-state index contributed by atoms with van der Waals surface area (Å²) in [4.78, 5) is 4.36. The van der Waals surface area contributed by atoms with Crippen molar-refractivity contribution >= 4 is 5.82 Å². The second-order valence-corrected chi connectivity index (χ2v) is 4.48. The van der Waals surface area contributed by atoms with Crippen LogP contribution >= 0.6 is 0 Å². The van der Waals surface area contributed by atoms with Crippen molar-refractivity contribution in [1.29, 1.82) is 0 Å². The van der Waals surface area contributed by atoms with Crippen LogP contribution in [0.25, 0.3) is 0 Å². The summed E-state index contributed by atoms with van der Waals surface area (Å²) < 4.78 is 0. The van der Waals surface area contributed by atoms with Gasteiger partial charge in [0.25, 0.3) is 0 Å². The van der Waals surface area contributed by atoms with Crippen LogP contribution in [0.15, 0.2) is 18.3 Å². The highest BCUT2D eigenvalue weighted by Gasteiger charge is 2.20. The molecule has 0 amide bonds. The second kappa shape index (κ2) is 3.99. The highest BCUT2D eigenvalue weighted by molar-refractivity contribution is 5.36. The summed E-state index contributed by atoms with van der Waals surface area (Å²) in [6.07, 6.45) is 5.84. The van der Waals surface area contributed by atoms with Crippen LogP contribution < -0.4 is 5.32 Å². The van der Waals surface area contributed by atoms with Crippen molar-refractivity contribution in [3.8, 4) is 0 Å². The molecule has 2 heteroatoms. The molecule has 0 saturated heterocycles. The summed E-state index contributed by atoms with van der Waals surface area (Å²) in [5.41, 5.74) is 1.22. The Hall–Kier alpha value is -1.05. The fourth-order valence-corrected chi connectivity index (χ4v) is 2.10. The van der Waals surface area contributed by atoms with Crippen LogP contribution in [0.1, 0.15) is 31.7 Å². The molecule has 1 saturated carbocycles. The normalized spacial score (nSPS) is 26.4. The van der Waals surface area contributed by atoms with Crippen molar-refractivity contribution < 1.29 is 0 Å². The number of anilines is 1. The molecule has 1 heterocycles. The number of pyridine rings is 1. The zero-order valence-electron chi connectivity index (χ0n) is 8.96. The molecule has 76 valence electrons. The Morgan fingerprint density at radius 3 is 2.79 bits per heavy atom. The largest absolute Gasteiger partial charge is 0.367 e. The fourth-order valence-electron chi connectivity index (χ4n) is 2.10. The van der Waals surface area contributed by atoms with E-state index in [-0.39, 0.29) is 0 Å². The van der Waals surface area contributed by atoms with Gasteiger partial charge in [0.05, 0.1) is 0 Å². The monoisotopic (exact) mass is 190 g/mol. The third kappa shape index (κ3) is 2.25. The number of rotatable bonds is 2. The summed E-state index contributed by atoms with van der Waals surface area (Å²) in [6, 6.07) is 4.81. The molecule has 2 rings (SSSR count). The van der Waals surface area contributed by atoms with Crippen LogP contribution in [0.5, 0.6) is 0 Å². The Bertz CT molecular complexity index is 292. The second-order valence-electron chi connectivity index (χ2n) is 4.48. The maximum Gasteiger partial charge on any atom is 0.126 e. The molecule has 2 atom stereocenters. The molecule has 1 aromatic heterocycles. The summed E-state index contributed by atoms with van der Waals surface area (Å²) in [6.45, 7) is 4.39. The minimum atomic E-state index is 0.639. The molecule has 1 fully saturated rings. The van der Waals surface area contributed by atoms with Crippen molar-refractivity contribution in [1.82, 2.24) is 4.98 Å². The van der Waals surface area contributed by atoms with E-state index in [2.05, 4.69) is 36.3 Å². The first-order valence-corrected chi connectivity index (χ1v) is 5.43. The van der Waals surface area contributed by atoms with Crippen LogP contribution in [-0.2, 0) is 0 Å². The quantitative estimate of drug-likeness (QED) is 0.775. The number of aryl methyl sites for hydroxylation is 1. The van der Waals surface area contributed by atoms with Crippen molar-refractivity contribution in [3.63, 3.8) is 0 Å². The number of hydrogen-bond acceptors (Lipinski definition) is 2. The van der Waals surface area contributed by atoms with E-state index < -0.39 is 0 Å². The first-order chi connectivity index (χ1) is 6.74. The zero-order valence-corrected chi connectivity index (χ0v) is 8.96. The molecule has 1 N–H and O–H groups in total. The van der Waals surface area contributed by atoms with Crippen molar-refractivity contribution in [2.75, 3.05) is 5.32 Å². The number of nitrogens with zero attached hydrogens (tertiary/aromatic N) is 1. The van der Waals surface area contributed by atoms with Gasteiger partial charge in [-0.3, -0.25) is 0 Å². The fraction of sp³-hybridized carbons (Fsp3) is 0.583. The van der Waals surface area contributed by atoms with E-state index in [0.717, 1.165) is 11.7 Å². The maximum absolute atomic E-state index is 4.36. The van der Waals surface area contributed by atoms with E-state index in [0.29, 0.717) is 6.04 Å². The van der Waals surface area contributed by atoms with E-state index in [1.807, 2.05) is 6.20 Å². The molecule has 2 unspecified atom stereocenters. The first kappa shape index (κ1) is 9.50. The summed E-state index contributed by atoms with van der Waals surface area (Å²) in [7, 11) is 0. The van der Waals surface area contributed by atoms with E-state index >= 15 is 0 Å². The van der Waals surface area contributed by atoms with E-state index in [1.54, 1.807) is 0 Å². The van der Waals surface area contributed by atoms with Gasteiger partial charge in [0.15, 0.2) is 0 Å². The lowest BCUT2D eigenvalue weighted by Crippen LogP contribution is -2.15. The van der Waals surface area contributed by atoms with Gasteiger partial charge in [0.1, 0.15) is 5.82 Å². The van der Waals surface area contributed by atoms with Crippen molar-refractivity contribution in [2.24, 2.45) is 5.92 Å². The lowest BCUT2D eigenvalue weighted by Gasteiger charge is -2.12. The third-order valence-electron chi connectivity index (χ3n) is 2.96. The SMILES string of the molecule is Cc1ccc(NC2CCC(C)C2)nc1. The Labute approximate surface area is 85.7 Å². The van der Waals surface area contributed by atoms with Crippen LogP contribution in [-0.4, -0.2) is 11.0 Å². The van der Waals surface area contributed by atoms with E-state index in [4.69, 9.17) is 0 Å². The van der Waals surface area contributed by atoms with E-state index in [9.17, 15) is 0 Å². The molecule has 0 aromatic carbocycles. The van der Waals surface area contributed by atoms with Crippen LogP contribution in [0.4, 0.5) is 5.82 Å². The van der Waals surface area contributed by atoms with Gasteiger partial charge in [-0.15, -0.1) is 0 Å². The highest BCUT2D eigenvalue weighted by atomic mass is 15.0. The topological polar surface area (TPSA) is 24.9 Å². The Morgan fingerprint density at radius 2 is 2.21 bits per heavy atom. The lowest BCUT2D eigenvalue weighted by molar-refractivity contribution is 0.602. The van der Waals surface area contributed by atoms with Gasteiger partial charge in [-0.05, 0) is 43.7 Å². The molecule has 0 spiro atoms. The molecule has 0 bridgehead atoms. The molecule has 1 aliphatic rings. The van der Waals surface area contributed by atoms with Crippen LogP contribution in [0.2, 0.25) is 0 Å². The van der Waals surface area contributed by atoms with Gasteiger partial charge in [-0.2, -0.15) is 0 Å². The van der Waals surface area contributed by atoms with Crippen LogP contribution in [0, 0.1) is 12.8 Å². The minimum Gasteiger partial charge on any atom is -0.367 e. The van der Waals surface area contributed by atoms with Gasteiger partial charge in [0.2, 0.25) is 0 Å². The molecule has 0 aliphatic heterocycles. The Balaban J connectivity index is 1.94. The van der Waals surface area contributed by atoms with Gasteiger partial charge >= 0.3 is 0 Å². The predicted molar refractivity (Wildman–Crippen MR) is 59.4 cm³/mol. The van der Waals surface area contributed by atoms with Gasteiger partial charge in [-0.1, -0.05) is 13.0 Å². The molecule has 0 radical (unpaired) electrons. The molecular formula is C12H18N2. The van der Waals surface area contributed by atoms with Crippen molar-refractivity contribution in [3.05, 3.63) is 23.9 Å². The van der Waals surface area contributed by atoms with Crippen LogP contribution in [0.3, 0.4) is 0 Å². The predicted octanol–water partition coefficient (Wildman–Crippen LogP) is 2.99. The third-order valence-corrected chi connectivity index (χ3v) is 2.96. The van der Waals surface area contributed by atoms with Gasteiger partial charge in [0, 0.05) is 12.2 Å². The minimum absolute atomic E-state index is 0.639. The summed E-state index contributed by atoms with van der Waals surface area (Å²) in [5, 5.41) is 3.49. The van der Waals surface area contributed by atoms with Gasteiger partial charge < -0.3 is 5.32 Å². The molecule has 2 nitrogen and oxygen atoms in total. The Morgan fingerprint density at radius 1 is 1.36 bits per heavy atom. The molecule has 1 aliphatic carbocycles. The number of hydrogen-bond donors (Lipinski definition) is 1. The van der Waals surface area contributed by atoms with Crippen molar-refractivity contribution in [2.45, 2.75) is 39.2 Å². The lowest BCUT2D eigenvalue weighted by atomic mass is 10.1. The van der Waals surface area contributed by atoms with E-state index in [1.165, 1.54) is 24.8 Å². The Kier molecular flexibility index (Phi) is 2.71. The molecule has 14 heavy (non-hydrogen) atoms. The zero-order chi connectivity index (χ0) is 9.97. The first-order valence-electron chi connectivity index (χ1n) is 5.43. The molecular weight excluding hydrogens is 172 g/mol. The molecule has 1 aromatic rings. The number of aromatic nitrogens is 1. The smallest absolute Gasteiger partial charge is 0.126 e. The maximum atomic E-state index is 4.36. The highest BCUT2D eigenvalue weighted by Crippen LogP contribution is 2.26. The summed E-state index contributed by atoms with van der Waals surface area (Å²) >= 11 is 0. The standard InChI is InChI=1S/C12H18N2/c1-9-3-5-11(7-9)14-12-6-4-10(2)8-13-12/h4,6,8-9,11H,3,5,7H2,1-2H3,(H,13,14). The summed E-state index contributed by atoms with van der Waals surface area (Å²) in [5.74, 6) is 1.90. The average molecular weight is 190 g/mol. The van der Waals surface area contributed by atoms with Gasteiger partial charge in [-0.25, -0.2) is 4.98 Å². The number of nitrogens with one attached hydrogen (secondary N) is 1.